The van der Waals surface area contributed by atoms with Crippen molar-refractivity contribution in [3.63, 3.8) is 0 Å². The minimum absolute atomic E-state index is 0.738. The summed E-state index contributed by atoms with van der Waals surface area (Å²) in [5, 5.41) is 8.42. The van der Waals surface area contributed by atoms with Gasteiger partial charge in [0.05, 0.1) is 6.07 Å². The van der Waals surface area contributed by atoms with E-state index in [-0.39, 0.29) is 0 Å². The van der Waals surface area contributed by atoms with Gasteiger partial charge in [-0.1, -0.05) is 31.1 Å². The Kier molecular flexibility index (Phi) is 6.84. The Balaban J connectivity index is 3.83. The van der Waals surface area contributed by atoms with Gasteiger partial charge in [-0.15, -0.1) is 0 Å². The lowest BCUT2D eigenvalue weighted by Gasteiger charge is -2.04. The van der Waals surface area contributed by atoms with Gasteiger partial charge < -0.3 is 0 Å². The zero-order chi connectivity index (χ0) is 11.0. The third kappa shape index (κ3) is 7.61. The smallest absolute Gasteiger partial charge is 0.0911 e. The maximum Gasteiger partial charge on any atom is 0.0911 e. The van der Waals surface area contributed by atoms with Crippen LogP contribution in [0.1, 0.15) is 47.0 Å². The van der Waals surface area contributed by atoms with Crippen molar-refractivity contribution in [2.75, 3.05) is 0 Å². The summed E-state index contributed by atoms with van der Waals surface area (Å²) < 4.78 is 0. The molecule has 0 aromatic carbocycles. The van der Waals surface area contributed by atoms with Crippen LogP contribution in [0.4, 0.5) is 0 Å². The van der Waals surface area contributed by atoms with Crippen molar-refractivity contribution in [2.24, 2.45) is 5.92 Å². The van der Waals surface area contributed by atoms with Gasteiger partial charge in [-0.25, -0.2) is 0 Å². The highest BCUT2D eigenvalue weighted by atomic mass is 14.2. The second-order valence-electron chi connectivity index (χ2n) is 4.31. The summed E-state index contributed by atoms with van der Waals surface area (Å²) in [6.07, 6.45) is 7.16. The number of nitrogens with zero attached hydrogens (tertiary/aromatic N) is 1. The van der Waals surface area contributed by atoms with Crippen LogP contribution in [-0.2, 0) is 0 Å². The van der Waals surface area contributed by atoms with Crippen LogP contribution in [0.15, 0.2) is 23.3 Å². The van der Waals surface area contributed by atoms with Gasteiger partial charge in [-0.2, -0.15) is 5.26 Å². The second kappa shape index (κ2) is 7.38. The van der Waals surface area contributed by atoms with Crippen LogP contribution in [0, 0.1) is 17.2 Å². The van der Waals surface area contributed by atoms with E-state index in [1.54, 1.807) is 6.08 Å². The summed E-state index contributed by atoms with van der Waals surface area (Å²) in [7, 11) is 0. The van der Waals surface area contributed by atoms with E-state index in [2.05, 4.69) is 32.9 Å². The van der Waals surface area contributed by atoms with Gasteiger partial charge in [0.1, 0.15) is 0 Å². The summed E-state index contributed by atoms with van der Waals surface area (Å²) in [5.74, 6) is 0.738. The predicted octanol–water partition coefficient (Wildman–Crippen LogP) is 4.23. The van der Waals surface area contributed by atoms with Gasteiger partial charge in [0.2, 0.25) is 0 Å². The number of nitriles is 1. The average molecular weight is 191 g/mol. The fourth-order valence-corrected chi connectivity index (χ4v) is 1.46. The summed E-state index contributed by atoms with van der Waals surface area (Å²) in [6.45, 7) is 8.66. The fourth-order valence-electron chi connectivity index (χ4n) is 1.46. The molecule has 0 unspecified atom stereocenters. The Morgan fingerprint density at radius 1 is 1.29 bits per heavy atom. The van der Waals surface area contributed by atoms with Crippen LogP contribution < -0.4 is 0 Å². The van der Waals surface area contributed by atoms with Gasteiger partial charge in [-0.05, 0) is 39.0 Å². The van der Waals surface area contributed by atoms with E-state index in [0.29, 0.717) is 0 Å². The minimum Gasteiger partial charge on any atom is -0.193 e. The van der Waals surface area contributed by atoms with Crippen molar-refractivity contribution >= 4 is 0 Å². The maximum absolute atomic E-state index is 8.42. The van der Waals surface area contributed by atoms with Crippen LogP contribution in [0.25, 0.3) is 0 Å². The number of allylic oxidation sites excluding steroid dienone is 4. The summed E-state index contributed by atoms with van der Waals surface area (Å²) in [4.78, 5) is 0. The van der Waals surface area contributed by atoms with E-state index in [9.17, 15) is 0 Å². The number of rotatable bonds is 5. The monoisotopic (exact) mass is 191 g/mol. The van der Waals surface area contributed by atoms with Crippen LogP contribution in [0.5, 0.6) is 0 Å². The van der Waals surface area contributed by atoms with E-state index >= 15 is 0 Å². The summed E-state index contributed by atoms with van der Waals surface area (Å²) in [5.41, 5.74) is 2.63. The molecule has 0 saturated carbocycles. The third-order valence-electron chi connectivity index (χ3n) is 2.07. The molecular formula is C13H21N. The van der Waals surface area contributed by atoms with Crippen molar-refractivity contribution in [2.45, 2.75) is 47.0 Å². The molecule has 0 heterocycles. The maximum atomic E-state index is 8.42. The molecule has 0 rings (SSSR count). The number of hydrogen-bond acceptors (Lipinski definition) is 1. The van der Waals surface area contributed by atoms with Crippen LogP contribution in [0.2, 0.25) is 0 Å². The Bertz CT molecular complexity index is 251. The molecule has 0 spiro atoms. The molecule has 1 nitrogen and oxygen atoms in total. The van der Waals surface area contributed by atoms with Gasteiger partial charge in [-0.3, -0.25) is 0 Å². The Labute approximate surface area is 88.1 Å². The van der Waals surface area contributed by atoms with Crippen LogP contribution >= 0.6 is 0 Å². The van der Waals surface area contributed by atoms with Crippen molar-refractivity contribution < 1.29 is 0 Å². The Morgan fingerprint density at radius 2 is 1.93 bits per heavy atom. The lowest BCUT2D eigenvalue weighted by Crippen LogP contribution is -1.88. The first-order chi connectivity index (χ1) is 6.56. The first-order valence-electron chi connectivity index (χ1n) is 5.27. The van der Waals surface area contributed by atoms with Crippen molar-refractivity contribution in [3.05, 3.63) is 23.3 Å². The molecule has 0 aliphatic carbocycles. The van der Waals surface area contributed by atoms with E-state index < -0.39 is 0 Å². The van der Waals surface area contributed by atoms with Crippen LogP contribution in [-0.4, -0.2) is 0 Å². The standard InChI is InChI=1S/C13H21N/c1-11(2)10-13(4)7-5-6-12(3)8-9-14/h7-8,11H,5-6,10H2,1-4H3. The Morgan fingerprint density at radius 3 is 2.43 bits per heavy atom. The van der Waals surface area contributed by atoms with E-state index in [0.717, 1.165) is 18.8 Å². The highest BCUT2D eigenvalue weighted by molar-refractivity contribution is 5.12. The van der Waals surface area contributed by atoms with E-state index in [1.807, 2.05) is 6.92 Å². The van der Waals surface area contributed by atoms with Gasteiger partial charge >= 0.3 is 0 Å². The Hall–Kier alpha value is -1.03. The molecule has 0 atom stereocenters. The quantitative estimate of drug-likeness (QED) is 0.471. The summed E-state index contributed by atoms with van der Waals surface area (Å²) in [6, 6.07) is 2.06. The van der Waals surface area contributed by atoms with Gasteiger partial charge in [0.15, 0.2) is 0 Å². The molecule has 14 heavy (non-hydrogen) atoms. The van der Waals surface area contributed by atoms with Gasteiger partial charge in [0, 0.05) is 6.08 Å². The zero-order valence-corrected chi connectivity index (χ0v) is 9.80. The fraction of sp³-hybridized carbons (Fsp3) is 0.615. The van der Waals surface area contributed by atoms with Crippen molar-refractivity contribution in [3.8, 4) is 6.07 Å². The molecule has 1 heteroatoms. The lowest BCUT2D eigenvalue weighted by atomic mass is 10.0. The molecule has 0 aromatic heterocycles. The molecule has 0 fully saturated rings. The van der Waals surface area contributed by atoms with Crippen LogP contribution in [0.3, 0.4) is 0 Å². The molecule has 0 aliphatic rings. The third-order valence-corrected chi connectivity index (χ3v) is 2.07. The van der Waals surface area contributed by atoms with Crippen molar-refractivity contribution in [1.29, 1.82) is 5.26 Å². The van der Waals surface area contributed by atoms with Gasteiger partial charge in [0.25, 0.3) is 0 Å². The van der Waals surface area contributed by atoms with Crippen molar-refractivity contribution in [1.82, 2.24) is 0 Å². The first kappa shape index (κ1) is 13.0. The molecule has 0 N–H and O–H groups in total. The average Bonchev–Trinajstić information content (AvgIpc) is 2.02. The highest BCUT2D eigenvalue weighted by Crippen LogP contribution is 2.12. The lowest BCUT2D eigenvalue weighted by molar-refractivity contribution is 0.640. The molecule has 0 saturated heterocycles. The van der Waals surface area contributed by atoms with E-state index in [4.69, 9.17) is 5.26 Å². The minimum atomic E-state index is 0.738. The topological polar surface area (TPSA) is 23.8 Å². The zero-order valence-electron chi connectivity index (χ0n) is 9.80. The SMILES string of the molecule is CC(=CC#N)CCC=C(C)CC(C)C. The predicted molar refractivity (Wildman–Crippen MR) is 61.8 cm³/mol. The number of hydrogen-bond donors (Lipinski definition) is 0. The molecular weight excluding hydrogens is 170 g/mol. The molecule has 0 aromatic rings. The molecule has 0 bridgehead atoms. The van der Waals surface area contributed by atoms with E-state index in [1.165, 1.54) is 17.6 Å². The first-order valence-corrected chi connectivity index (χ1v) is 5.27. The molecule has 78 valence electrons. The second-order valence-corrected chi connectivity index (χ2v) is 4.31. The molecule has 0 aliphatic heterocycles. The highest BCUT2D eigenvalue weighted by Gasteiger charge is 1.95. The molecule has 0 amide bonds. The summed E-state index contributed by atoms with van der Waals surface area (Å²) >= 11 is 0. The normalized spacial score (nSPS) is 13.1. The molecule has 0 radical (unpaired) electrons. The largest absolute Gasteiger partial charge is 0.193 e.